The van der Waals surface area contributed by atoms with Crippen LogP contribution in [0.5, 0.6) is 11.5 Å². The first-order chi connectivity index (χ1) is 13.4. The Balaban J connectivity index is 0.000000200. The van der Waals surface area contributed by atoms with Gasteiger partial charge in [0.2, 0.25) is 0 Å². The molecule has 5 heteroatoms. The Bertz CT molecular complexity index is 1050. The van der Waals surface area contributed by atoms with Crippen molar-refractivity contribution < 1.29 is 10.2 Å². The number of rotatable bonds is 2. The molecule has 2 aromatic heterocycles. The van der Waals surface area contributed by atoms with Crippen molar-refractivity contribution in [3.8, 4) is 11.5 Å². The second-order valence-corrected chi connectivity index (χ2v) is 6.86. The van der Waals surface area contributed by atoms with E-state index in [4.69, 9.17) is 0 Å². The summed E-state index contributed by atoms with van der Waals surface area (Å²) >= 11 is 0. The Hall–Kier alpha value is -2.61. The Labute approximate surface area is 182 Å². The van der Waals surface area contributed by atoms with E-state index in [1.165, 1.54) is 11.1 Å². The Morgan fingerprint density at radius 1 is 0.690 bits per heavy atom. The summed E-state index contributed by atoms with van der Waals surface area (Å²) in [5.74, 6) is 0.0294. The number of pyridine rings is 2. The molecule has 0 saturated carbocycles. The molecule has 0 aliphatic heterocycles. The van der Waals surface area contributed by atoms with Gasteiger partial charge in [-0.3, -0.25) is 9.97 Å². The monoisotopic (exact) mass is 399 g/mol. The molecule has 2 heterocycles. The maximum absolute atomic E-state index is 11.5. The minimum Gasteiger partial charge on any atom is -0.871 e. The quantitative estimate of drug-likeness (QED) is 0.478. The van der Waals surface area contributed by atoms with Crippen molar-refractivity contribution in [2.75, 3.05) is 0 Å². The summed E-state index contributed by atoms with van der Waals surface area (Å²) in [4.78, 5) is 8.54. The van der Waals surface area contributed by atoms with Crippen LogP contribution in [0.15, 0.2) is 48.5 Å². The molecule has 0 bridgehead atoms. The normalized spacial score (nSPS) is 10.3. The van der Waals surface area contributed by atoms with E-state index in [1.54, 1.807) is 24.3 Å². The van der Waals surface area contributed by atoms with E-state index >= 15 is 0 Å². The fourth-order valence-electron chi connectivity index (χ4n) is 3.46. The maximum Gasteiger partial charge on any atom is 3.00 e. The standard InChI is InChI=1S/2C12H13NO.Al/c2*1-3-9-7-8(2)13-12-10(9)5-4-6-11(12)14;/h2*4-7,14H,3H2,1-2H3;/q;;+3/p-2. The van der Waals surface area contributed by atoms with E-state index in [1.807, 2.05) is 38.1 Å². The third-order valence-electron chi connectivity index (χ3n) is 4.79. The number of aryl methyl sites for hydroxylation is 4. The zero-order valence-electron chi connectivity index (χ0n) is 17.3. The Morgan fingerprint density at radius 3 is 1.41 bits per heavy atom. The van der Waals surface area contributed by atoms with Crippen LogP contribution in [0.4, 0.5) is 0 Å². The summed E-state index contributed by atoms with van der Waals surface area (Å²) in [5.41, 5.74) is 5.43. The van der Waals surface area contributed by atoms with Gasteiger partial charge in [-0.15, -0.1) is 0 Å². The smallest absolute Gasteiger partial charge is 0.871 e. The van der Waals surface area contributed by atoms with Crippen molar-refractivity contribution in [3.05, 3.63) is 71.0 Å². The van der Waals surface area contributed by atoms with Crippen LogP contribution in [0.1, 0.15) is 36.4 Å². The molecule has 0 aliphatic rings. The summed E-state index contributed by atoms with van der Waals surface area (Å²) < 4.78 is 0. The zero-order chi connectivity index (χ0) is 20.3. The minimum atomic E-state index is 0. The molecular formula is C24H24AlN2O2+. The van der Waals surface area contributed by atoms with Gasteiger partial charge in [-0.1, -0.05) is 61.7 Å². The summed E-state index contributed by atoms with van der Waals surface area (Å²) in [5, 5.41) is 25.1. The third-order valence-corrected chi connectivity index (χ3v) is 4.79. The summed E-state index contributed by atoms with van der Waals surface area (Å²) in [6.45, 7) is 8.02. The SMILES string of the molecule is CCc1cc(C)nc2c([O-])cccc12.CCc1cc(C)nc2c([O-])cccc12.[Al+3]. The summed E-state index contributed by atoms with van der Waals surface area (Å²) in [7, 11) is 0. The van der Waals surface area contributed by atoms with Crippen LogP contribution in [-0.2, 0) is 12.8 Å². The van der Waals surface area contributed by atoms with Gasteiger partial charge < -0.3 is 10.2 Å². The van der Waals surface area contributed by atoms with Gasteiger partial charge in [0.1, 0.15) is 0 Å². The third kappa shape index (κ3) is 4.87. The van der Waals surface area contributed by atoms with Gasteiger partial charge in [-0.2, -0.15) is 0 Å². The number of nitrogens with zero attached hydrogens (tertiary/aromatic N) is 2. The molecule has 144 valence electrons. The van der Waals surface area contributed by atoms with Gasteiger partial charge in [-0.05, 0) is 49.9 Å². The van der Waals surface area contributed by atoms with Crippen LogP contribution < -0.4 is 10.2 Å². The molecule has 4 aromatic rings. The fraction of sp³-hybridized carbons (Fsp3) is 0.250. The minimum absolute atomic E-state index is 0. The molecule has 2 aromatic carbocycles. The van der Waals surface area contributed by atoms with Gasteiger partial charge in [0, 0.05) is 22.2 Å². The van der Waals surface area contributed by atoms with Gasteiger partial charge in [0.05, 0.1) is 11.0 Å². The molecular weight excluding hydrogens is 375 g/mol. The molecule has 4 rings (SSSR count). The van der Waals surface area contributed by atoms with E-state index in [2.05, 4.69) is 23.8 Å². The molecule has 0 saturated heterocycles. The van der Waals surface area contributed by atoms with E-state index in [9.17, 15) is 10.2 Å². The van der Waals surface area contributed by atoms with Crippen molar-refractivity contribution in [3.63, 3.8) is 0 Å². The van der Waals surface area contributed by atoms with Crippen molar-refractivity contribution in [1.82, 2.24) is 9.97 Å². The second-order valence-electron chi connectivity index (χ2n) is 6.86. The first-order valence-electron chi connectivity index (χ1n) is 9.57. The largest absolute Gasteiger partial charge is 3.00 e. The van der Waals surface area contributed by atoms with Crippen LogP contribution in [0.25, 0.3) is 21.8 Å². The average molecular weight is 399 g/mol. The Kier molecular flexibility index (Phi) is 7.61. The fourth-order valence-corrected chi connectivity index (χ4v) is 3.46. The topological polar surface area (TPSA) is 71.9 Å². The molecule has 0 aliphatic carbocycles. The van der Waals surface area contributed by atoms with E-state index in [0.717, 1.165) is 35.0 Å². The predicted molar refractivity (Wildman–Crippen MR) is 116 cm³/mol. The predicted octanol–water partition coefficient (Wildman–Crippen LogP) is 3.98. The number of hydrogen-bond acceptors (Lipinski definition) is 4. The molecule has 0 fully saturated rings. The number of para-hydroxylation sites is 2. The van der Waals surface area contributed by atoms with Gasteiger partial charge in [-0.25, -0.2) is 0 Å². The van der Waals surface area contributed by atoms with Crippen LogP contribution in [0.2, 0.25) is 0 Å². The average Bonchev–Trinajstić information content (AvgIpc) is 2.69. The molecule has 0 spiro atoms. The maximum atomic E-state index is 11.5. The van der Waals surface area contributed by atoms with E-state index in [-0.39, 0.29) is 28.9 Å². The number of aromatic nitrogens is 2. The molecule has 0 amide bonds. The van der Waals surface area contributed by atoms with Gasteiger partial charge in [0.25, 0.3) is 0 Å². The van der Waals surface area contributed by atoms with Crippen LogP contribution in [0.3, 0.4) is 0 Å². The number of fused-ring (bicyclic) bond motifs is 2. The molecule has 0 atom stereocenters. The van der Waals surface area contributed by atoms with E-state index in [0.29, 0.717) is 11.0 Å². The summed E-state index contributed by atoms with van der Waals surface area (Å²) in [6.07, 6.45) is 1.87. The van der Waals surface area contributed by atoms with Crippen LogP contribution in [0, 0.1) is 13.8 Å². The van der Waals surface area contributed by atoms with Crippen molar-refractivity contribution in [2.24, 2.45) is 0 Å². The second kappa shape index (κ2) is 9.74. The van der Waals surface area contributed by atoms with E-state index < -0.39 is 0 Å². The molecule has 0 N–H and O–H groups in total. The molecule has 29 heavy (non-hydrogen) atoms. The summed E-state index contributed by atoms with van der Waals surface area (Å²) in [6, 6.07) is 14.7. The van der Waals surface area contributed by atoms with Gasteiger partial charge >= 0.3 is 17.4 Å². The van der Waals surface area contributed by atoms with Crippen molar-refractivity contribution in [1.29, 1.82) is 0 Å². The zero-order valence-corrected chi connectivity index (χ0v) is 18.5. The van der Waals surface area contributed by atoms with Crippen molar-refractivity contribution in [2.45, 2.75) is 40.5 Å². The molecule has 0 radical (unpaired) electrons. The molecule has 4 nitrogen and oxygen atoms in total. The number of hydrogen-bond donors (Lipinski definition) is 0. The first-order valence-corrected chi connectivity index (χ1v) is 9.57. The number of benzene rings is 2. The van der Waals surface area contributed by atoms with Crippen molar-refractivity contribution >= 4 is 39.2 Å². The molecule has 0 unspecified atom stereocenters. The van der Waals surface area contributed by atoms with Crippen LogP contribution >= 0.6 is 0 Å². The first kappa shape index (κ1) is 22.7. The van der Waals surface area contributed by atoms with Crippen LogP contribution in [-0.4, -0.2) is 27.3 Å². The van der Waals surface area contributed by atoms with Gasteiger partial charge in [0.15, 0.2) is 0 Å². The Morgan fingerprint density at radius 2 is 1.07 bits per heavy atom.